The Morgan fingerprint density at radius 2 is 1.02 bits per heavy atom. The molecular weight excluding hydrogens is 900 g/mol. The van der Waals surface area contributed by atoms with Gasteiger partial charge in [0.25, 0.3) is 23.6 Å². The Kier molecular flexibility index (Phi) is 17.5. The molecule has 4 aliphatic heterocycles. The topological polar surface area (TPSA) is 197 Å². The van der Waals surface area contributed by atoms with Gasteiger partial charge in [-0.15, -0.1) is 0 Å². The number of imide groups is 4. The van der Waals surface area contributed by atoms with Gasteiger partial charge in [-0.1, -0.05) is 61.6 Å². The Bertz CT molecular complexity index is 1770. The first-order valence-corrected chi connectivity index (χ1v) is 20.5. The smallest absolute Gasteiger partial charge is 0.262 e. The minimum absolute atomic E-state index is 0. The molecular formula is C37H43Br3N4O10. The molecule has 2 aromatic rings. The lowest BCUT2D eigenvalue weighted by Gasteiger charge is -2.27. The summed E-state index contributed by atoms with van der Waals surface area (Å²) in [7, 11) is 0. The van der Waals surface area contributed by atoms with Gasteiger partial charge in [0.15, 0.2) is 0 Å². The molecule has 0 saturated carbocycles. The zero-order valence-corrected chi connectivity index (χ0v) is 33.4. The highest BCUT2D eigenvalue weighted by Gasteiger charge is 2.46. The minimum Gasteiger partial charge on any atom is -0.508 e. The van der Waals surface area contributed by atoms with Gasteiger partial charge in [0.2, 0.25) is 23.6 Å². The Labute approximate surface area is 338 Å². The molecule has 14 nitrogen and oxygen atoms in total. The number of rotatable bonds is 12. The number of hydrogen-bond donors (Lipinski definition) is 3. The predicted molar refractivity (Wildman–Crippen MR) is 209 cm³/mol. The fraction of sp³-hybridized carbons (Fsp3) is 0.459. The third-order valence-electron chi connectivity index (χ3n) is 8.65. The lowest BCUT2D eigenvalue weighted by molar-refractivity contribution is -0.137. The Hall–Kier alpha value is -3.96. The molecule has 0 aromatic heterocycles. The molecule has 0 bridgehead atoms. The number of aromatic hydroxyl groups is 1. The van der Waals surface area contributed by atoms with Gasteiger partial charge in [0.05, 0.1) is 28.9 Å². The standard InChI is InChI=1S/C18H19BrN2O5.C13H10N2O5.C5H10Br2.CH4/c19-8-2-1-3-9-26-11-4-5-12-13(10-11)18(25)21(17(12)24)14-6-7-15(22)20-16(14)23;16-6-1-2-7-8(5-6)13(20)15(12(7)19)9-3-4-10(17)14-11(9)18;6-4-2-1-3-5-7;/h4-5,10,14H,1-3,6-9H2,(H,20,22,23);1-2,5,9,16H,3-4H2,(H,14,17,18);1-5H2;1H4. The van der Waals surface area contributed by atoms with E-state index in [0.29, 0.717) is 12.4 Å². The number of benzene rings is 2. The van der Waals surface area contributed by atoms with E-state index in [-0.39, 0.29) is 61.1 Å². The van der Waals surface area contributed by atoms with Crippen LogP contribution < -0.4 is 15.4 Å². The molecule has 17 heteroatoms. The highest BCUT2D eigenvalue weighted by Crippen LogP contribution is 2.31. The summed E-state index contributed by atoms with van der Waals surface area (Å²) in [6.07, 6.45) is 7.42. The summed E-state index contributed by atoms with van der Waals surface area (Å²) in [5.74, 6) is -3.93. The molecule has 6 rings (SSSR count). The molecule has 0 aliphatic carbocycles. The molecule has 4 heterocycles. The normalized spacial score (nSPS) is 18.8. The zero-order valence-electron chi connectivity index (χ0n) is 28.7. The Morgan fingerprint density at radius 1 is 0.593 bits per heavy atom. The molecule has 2 fully saturated rings. The predicted octanol–water partition coefficient (Wildman–Crippen LogP) is 5.41. The highest BCUT2D eigenvalue weighted by molar-refractivity contribution is 9.09. The van der Waals surface area contributed by atoms with Crippen LogP contribution in [0.15, 0.2) is 36.4 Å². The summed E-state index contributed by atoms with van der Waals surface area (Å²) in [5, 5.41) is 16.9. The number of phenolic OH excluding ortho intramolecular Hbond substituents is 1. The van der Waals surface area contributed by atoms with E-state index in [4.69, 9.17) is 4.74 Å². The van der Waals surface area contributed by atoms with E-state index in [1.807, 2.05) is 0 Å². The second-order valence-electron chi connectivity index (χ2n) is 12.4. The van der Waals surface area contributed by atoms with Gasteiger partial charge < -0.3 is 9.84 Å². The molecule has 2 atom stereocenters. The van der Waals surface area contributed by atoms with Crippen molar-refractivity contribution in [3.8, 4) is 11.5 Å². The van der Waals surface area contributed by atoms with Crippen molar-refractivity contribution < 1.29 is 48.2 Å². The van der Waals surface area contributed by atoms with Gasteiger partial charge >= 0.3 is 0 Å². The third kappa shape index (κ3) is 10.8. The van der Waals surface area contributed by atoms with Gasteiger partial charge in [0, 0.05) is 28.8 Å². The number of unbranched alkanes of at least 4 members (excludes halogenated alkanes) is 4. The van der Waals surface area contributed by atoms with Crippen molar-refractivity contribution >= 4 is 95.0 Å². The number of phenols is 1. The molecule has 0 radical (unpaired) electrons. The van der Waals surface area contributed by atoms with Gasteiger partial charge in [-0.2, -0.15) is 0 Å². The quantitative estimate of drug-likeness (QED) is 0.141. The second kappa shape index (κ2) is 21.2. The fourth-order valence-corrected chi connectivity index (χ4v) is 7.12. The van der Waals surface area contributed by atoms with E-state index < -0.39 is 59.3 Å². The average Bonchev–Trinajstić information content (AvgIpc) is 3.52. The third-order valence-corrected chi connectivity index (χ3v) is 10.3. The van der Waals surface area contributed by atoms with Crippen LogP contribution in [0.25, 0.3) is 0 Å². The number of carbonyl (C=O) groups excluding carboxylic acids is 8. The van der Waals surface area contributed by atoms with Crippen molar-refractivity contribution in [2.24, 2.45) is 0 Å². The number of hydrogen-bond acceptors (Lipinski definition) is 10. The van der Waals surface area contributed by atoms with Crippen LogP contribution in [-0.2, 0) is 19.2 Å². The maximum atomic E-state index is 12.7. The summed E-state index contributed by atoms with van der Waals surface area (Å²) in [5.41, 5.74) is 0.709. The van der Waals surface area contributed by atoms with Gasteiger partial charge in [-0.25, -0.2) is 0 Å². The monoisotopic (exact) mass is 940 g/mol. The van der Waals surface area contributed by atoms with Crippen LogP contribution in [0.4, 0.5) is 0 Å². The number of carbonyl (C=O) groups is 8. The highest BCUT2D eigenvalue weighted by atomic mass is 79.9. The number of amides is 8. The maximum absolute atomic E-state index is 12.7. The Morgan fingerprint density at radius 3 is 1.48 bits per heavy atom. The number of nitrogens with one attached hydrogen (secondary N) is 2. The summed E-state index contributed by atoms with van der Waals surface area (Å²) >= 11 is 10.1. The first-order valence-electron chi connectivity index (χ1n) is 17.1. The van der Waals surface area contributed by atoms with Gasteiger partial charge in [-0.3, -0.25) is 58.8 Å². The fourth-order valence-electron chi connectivity index (χ4n) is 5.93. The van der Waals surface area contributed by atoms with Crippen molar-refractivity contribution in [3.05, 3.63) is 58.7 Å². The Balaban J connectivity index is 0.000000248. The van der Waals surface area contributed by atoms with Crippen LogP contribution in [-0.4, -0.2) is 96.8 Å². The van der Waals surface area contributed by atoms with Crippen molar-refractivity contribution in [2.75, 3.05) is 22.6 Å². The van der Waals surface area contributed by atoms with E-state index in [9.17, 15) is 43.5 Å². The zero-order chi connectivity index (χ0) is 38.7. The molecule has 8 amide bonds. The minimum atomic E-state index is -0.984. The van der Waals surface area contributed by atoms with Gasteiger partial charge in [0.1, 0.15) is 23.6 Å². The summed E-state index contributed by atoms with van der Waals surface area (Å²) < 4.78 is 5.66. The van der Waals surface area contributed by atoms with E-state index >= 15 is 0 Å². The van der Waals surface area contributed by atoms with Crippen LogP contribution in [0, 0.1) is 0 Å². The number of alkyl halides is 3. The van der Waals surface area contributed by atoms with Crippen LogP contribution in [0.2, 0.25) is 0 Å². The van der Waals surface area contributed by atoms with E-state index in [0.717, 1.165) is 45.1 Å². The number of fused-ring (bicyclic) bond motifs is 2. The van der Waals surface area contributed by atoms with E-state index in [1.54, 1.807) is 18.2 Å². The summed E-state index contributed by atoms with van der Waals surface area (Å²) in [6, 6.07) is 6.66. The molecule has 4 aliphatic rings. The largest absolute Gasteiger partial charge is 0.508 e. The average molecular weight is 943 g/mol. The number of halogens is 3. The molecule has 2 saturated heterocycles. The molecule has 292 valence electrons. The molecule has 2 unspecified atom stereocenters. The SMILES string of the molecule is BrCCCCCBr.C.O=C1CCC(N2C(=O)c3ccc(O)cc3C2=O)C(=O)N1.O=C1CCC(N2C(=O)c3ccc(OCCCCCBr)cc3C2=O)C(=O)N1. The van der Waals surface area contributed by atoms with Crippen LogP contribution in [0.1, 0.15) is 113 Å². The van der Waals surface area contributed by atoms with Crippen molar-refractivity contribution in [1.29, 1.82) is 0 Å². The molecule has 0 spiro atoms. The van der Waals surface area contributed by atoms with Crippen LogP contribution in [0.5, 0.6) is 11.5 Å². The number of nitrogens with zero attached hydrogens (tertiary/aromatic N) is 2. The second-order valence-corrected chi connectivity index (χ2v) is 14.7. The van der Waals surface area contributed by atoms with Crippen LogP contribution >= 0.6 is 47.8 Å². The van der Waals surface area contributed by atoms with Crippen molar-refractivity contribution in [1.82, 2.24) is 20.4 Å². The molecule has 3 N–H and O–H groups in total. The molecule has 54 heavy (non-hydrogen) atoms. The van der Waals surface area contributed by atoms with E-state index in [1.165, 1.54) is 37.5 Å². The maximum Gasteiger partial charge on any atom is 0.262 e. The number of piperidine rings is 2. The number of ether oxygens (including phenoxy) is 1. The van der Waals surface area contributed by atoms with Gasteiger partial charge in [-0.05, 0) is 81.3 Å². The lowest BCUT2D eigenvalue weighted by atomic mass is 10.0. The molecule has 2 aromatic carbocycles. The van der Waals surface area contributed by atoms with Crippen LogP contribution in [0.3, 0.4) is 0 Å². The summed E-state index contributed by atoms with van der Waals surface area (Å²) in [6.45, 7) is 0.533. The van der Waals surface area contributed by atoms with Crippen molar-refractivity contribution in [2.45, 2.75) is 83.7 Å². The lowest BCUT2D eigenvalue weighted by Crippen LogP contribution is -2.54. The van der Waals surface area contributed by atoms with Crippen molar-refractivity contribution in [3.63, 3.8) is 0 Å². The first-order chi connectivity index (χ1) is 25.4. The van der Waals surface area contributed by atoms with E-state index in [2.05, 4.69) is 58.4 Å². The first kappa shape index (κ1) is 44.4. The summed E-state index contributed by atoms with van der Waals surface area (Å²) in [4.78, 5) is 97.7.